The molecule has 5 atom stereocenters. The minimum Gasteiger partial charge on any atom is -0.432 e. The molecule has 3 amide bonds. The summed E-state index contributed by atoms with van der Waals surface area (Å²) in [5.41, 5.74) is 5.43. The molecule has 3 rings (SSSR count). The van der Waals surface area contributed by atoms with Crippen molar-refractivity contribution in [1.29, 1.82) is 0 Å². The van der Waals surface area contributed by atoms with Crippen molar-refractivity contribution >= 4 is 40.1 Å². The molecule has 0 saturated carbocycles. The van der Waals surface area contributed by atoms with E-state index in [2.05, 4.69) is 4.99 Å². The summed E-state index contributed by atoms with van der Waals surface area (Å²) in [5, 5.41) is 1.56. The van der Waals surface area contributed by atoms with Gasteiger partial charge in [0.15, 0.2) is 0 Å². The van der Waals surface area contributed by atoms with Crippen LogP contribution >= 0.6 is 0 Å². The number of primary amides is 1. The van der Waals surface area contributed by atoms with Crippen LogP contribution in [0.4, 0.5) is 4.79 Å². The lowest BCUT2D eigenvalue weighted by molar-refractivity contribution is -0.140. The van der Waals surface area contributed by atoms with Crippen LogP contribution in [0.15, 0.2) is 35.3 Å². The molecular weight excluding hydrogens is 640 g/mol. The molecule has 268 valence electrons. The highest BCUT2D eigenvalue weighted by atomic mass is 32.2. The number of carbonyl (C=O) groups is 4. The second-order valence-electron chi connectivity index (χ2n) is 13.8. The van der Waals surface area contributed by atoms with Crippen LogP contribution in [0.1, 0.15) is 72.3 Å². The number of likely N-dealkylation sites (tertiary alicyclic amines) is 1. The molecule has 0 aromatic heterocycles. The summed E-state index contributed by atoms with van der Waals surface area (Å²) in [6.07, 6.45) is 3.13. The monoisotopic (exact) mass is 692 g/mol. The molecule has 2 saturated heterocycles. The zero-order valence-electron chi connectivity index (χ0n) is 28.9. The van der Waals surface area contributed by atoms with Crippen molar-refractivity contribution in [2.45, 2.75) is 103 Å². The van der Waals surface area contributed by atoms with Gasteiger partial charge in [0.1, 0.15) is 18.2 Å². The molecule has 2 aliphatic heterocycles. The third-order valence-corrected chi connectivity index (χ3v) is 10.1. The number of sulfonamides is 1. The standard InChI is InChI=1S/C33H52N6O8S/c1-22(2)46-32(43)47-23(3)19-33(4,5)31(42)36-20-26-17-25(14-16-38(26)35)21-39(48(6,44)45)28(18-24-11-8-7-9-12-24)30(41)37-15-10-13-27(37)29(34)40/h7-9,11-12,20,22-23,25-28H,10,13-19,21,35H2,1-6H3,(H2,34,40)/t23?,25?,26?,27-,28+/m0/s1. The Bertz CT molecular complexity index is 1420. The highest BCUT2D eigenvalue weighted by Crippen LogP contribution is 2.29. The fraction of sp³-hybridized carbons (Fsp3) is 0.667. The molecule has 14 nitrogen and oxygen atoms in total. The van der Waals surface area contributed by atoms with Crippen LogP contribution in [0.3, 0.4) is 0 Å². The van der Waals surface area contributed by atoms with Crippen molar-refractivity contribution in [3.05, 3.63) is 35.9 Å². The van der Waals surface area contributed by atoms with Gasteiger partial charge in [-0.25, -0.2) is 23.2 Å². The Balaban J connectivity index is 1.78. The van der Waals surface area contributed by atoms with Gasteiger partial charge in [-0.2, -0.15) is 4.31 Å². The Labute approximate surface area is 284 Å². The highest BCUT2D eigenvalue weighted by molar-refractivity contribution is 7.88. The Hall–Kier alpha value is -3.40. The van der Waals surface area contributed by atoms with Gasteiger partial charge < -0.3 is 20.1 Å². The van der Waals surface area contributed by atoms with E-state index in [1.54, 1.807) is 39.6 Å². The maximum absolute atomic E-state index is 14.1. The van der Waals surface area contributed by atoms with E-state index in [0.29, 0.717) is 38.8 Å². The number of nitrogens with two attached hydrogens (primary N) is 2. The number of amides is 3. The van der Waals surface area contributed by atoms with Gasteiger partial charge in [-0.1, -0.05) is 44.2 Å². The number of piperidine rings is 1. The Kier molecular flexibility index (Phi) is 13.7. The topological polar surface area (TPSA) is 195 Å². The van der Waals surface area contributed by atoms with Gasteiger partial charge in [0.2, 0.25) is 21.8 Å². The van der Waals surface area contributed by atoms with Crippen LogP contribution in [0, 0.1) is 11.3 Å². The summed E-state index contributed by atoms with van der Waals surface area (Å²) < 4.78 is 38.3. The molecule has 2 fully saturated rings. The molecule has 1 aromatic rings. The first-order chi connectivity index (χ1) is 22.4. The fourth-order valence-electron chi connectivity index (χ4n) is 6.38. The van der Waals surface area contributed by atoms with Crippen molar-refractivity contribution in [1.82, 2.24) is 14.2 Å². The zero-order valence-corrected chi connectivity index (χ0v) is 29.7. The first-order valence-corrected chi connectivity index (χ1v) is 18.3. The van der Waals surface area contributed by atoms with Crippen LogP contribution < -0.4 is 11.6 Å². The minimum absolute atomic E-state index is 0.0378. The summed E-state index contributed by atoms with van der Waals surface area (Å²) in [5.74, 6) is 4.58. The van der Waals surface area contributed by atoms with E-state index in [4.69, 9.17) is 21.1 Å². The molecule has 15 heteroatoms. The third-order valence-electron chi connectivity index (χ3n) is 8.80. The average molecular weight is 693 g/mol. The Morgan fingerprint density at radius 1 is 1.08 bits per heavy atom. The molecule has 0 bridgehead atoms. The molecule has 0 aliphatic carbocycles. The molecule has 0 radical (unpaired) electrons. The number of benzene rings is 1. The van der Waals surface area contributed by atoms with E-state index in [0.717, 1.165) is 11.8 Å². The number of hydrazine groups is 1. The average Bonchev–Trinajstić information content (AvgIpc) is 3.48. The van der Waals surface area contributed by atoms with Crippen LogP contribution in [-0.4, -0.2) is 109 Å². The summed E-state index contributed by atoms with van der Waals surface area (Å²) in [7, 11) is -3.91. The van der Waals surface area contributed by atoms with E-state index < -0.39 is 63.5 Å². The first kappa shape index (κ1) is 39.0. The van der Waals surface area contributed by atoms with Gasteiger partial charge in [0.05, 0.1) is 18.4 Å². The lowest BCUT2D eigenvalue weighted by Crippen LogP contribution is -2.57. The van der Waals surface area contributed by atoms with Gasteiger partial charge >= 0.3 is 6.16 Å². The fourth-order valence-corrected chi connectivity index (χ4v) is 7.49. The molecule has 1 aromatic carbocycles. The van der Waals surface area contributed by atoms with Crippen molar-refractivity contribution in [2.75, 3.05) is 25.9 Å². The molecule has 4 N–H and O–H groups in total. The molecular formula is C33H52N6O8S. The van der Waals surface area contributed by atoms with Gasteiger partial charge in [-0.15, -0.1) is 0 Å². The number of hydrogen-bond acceptors (Lipinski definition) is 10. The lowest BCUT2D eigenvalue weighted by Gasteiger charge is -2.39. The predicted molar refractivity (Wildman–Crippen MR) is 181 cm³/mol. The number of aliphatic imine (C=N–C) groups is 1. The van der Waals surface area contributed by atoms with Gasteiger partial charge in [0.25, 0.3) is 5.91 Å². The van der Waals surface area contributed by atoms with Crippen LogP contribution in [0.2, 0.25) is 0 Å². The van der Waals surface area contributed by atoms with E-state index in [-0.39, 0.29) is 31.4 Å². The SMILES string of the molecule is CC(C)OC(=O)OC(C)CC(C)(C)C(=O)N=CC1CC(CN([C@H](Cc2ccccc2)C(=O)N2CCC[C@H]2C(N)=O)S(C)(=O)=O)CCN1N. The predicted octanol–water partition coefficient (Wildman–Crippen LogP) is 2.25. The smallest absolute Gasteiger partial charge is 0.432 e. The van der Waals surface area contributed by atoms with E-state index in [1.165, 1.54) is 15.4 Å². The Morgan fingerprint density at radius 2 is 1.75 bits per heavy atom. The zero-order chi connectivity index (χ0) is 35.8. The molecule has 2 heterocycles. The lowest BCUT2D eigenvalue weighted by atomic mass is 9.86. The molecule has 0 spiro atoms. The summed E-state index contributed by atoms with van der Waals surface area (Å²) in [6.45, 7) is 9.28. The van der Waals surface area contributed by atoms with Crippen molar-refractivity contribution < 1.29 is 37.1 Å². The molecule has 3 unspecified atom stereocenters. The van der Waals surface area contributed by atoms with Gasteiger partial charge in [-0.05, 0) is 70.8 Å². The highest BCUT2D eigenvalue weighted by Gasteiger charge is 2.42. The third kappa shape index (κ3) is 11.1. The maximum Gasteiger partial charge on any atom is 0.508 e. The van der Waals surface area contributed by atoms with E-state index >= 15 is 0 Å². The normalized spacial score (nSPS) is 22.2. The second-order valence-corrected chi connectivity index (χ2v) is 15.8. The largest absolute Gasteiger partial charge is 0.508 e. The van der Waals surface area contributed by atoms with Crippen molar-refractivity contribution in [2.24, 2.45) is 27.9 Å². The summed E-state index contributed by atoms with van der Waals surface area (Å²) in [4.78, 5) is 56.9. The van der Waals surface area contributed by atoms with Crippen molar-refractivity contribution in [3.8, 4) is 0 Å². The number of nitrogens with zero attached hydrogens (tertiary/aromatic N) is 4. The Morgan fingerprint density at radius 3 is 2.35 bits per heavy atom. The minimum atomic E-state index is -3.91. The molecule has 2 aliphatic rings. The summed E-state index contributed by atoms with van der Waals surface area (Å²) in [6, 6.07) is 6.80. The van der Waals surface area contributed by atoms with Gasteiger partial charge in [-0.3, -0.25) is 20.2 Å². The number of hydrogen-bond donors (Lipinski definition) is 2. The van der Waals surface area contributed by atoms with E-state index in [1.807, 2.05) is 30.3 Å². The number of carbonyl (C=O) groups excluding carboxylic acids is 4. The summed E-state index contributed by atoms with van der Waals surface area (Å²) >= 11 is 0. The number of ether oxygens (including phenoxy) is 2. The maximum atomic E-state index is 14.1. The second kappa shape index (κ2) is 16.8. The van der Waals surface area contributed by atoms with E-state index in [9.17, 15) is 27.6 Å². The van der Waals surface area contributed by atoms with Crippen LogP contribution in [0.25, 0.3) is 0 Å². The quantitative estimate of drug-likeness (QED) is 0.166. The number of rotatable bonds is 14. The molecule has 48 heavy (non-hydrogen) atoms. The van der Waals surface area contributed by atoms with Crippen molar-refractivity contribution in [3.63, 3.8) is 0 Å². The van der Waals surface area contributed by atoms with Gasteiger partial charge in [0, 0.05) is 31.3 Å². The van der Waals surface area contributed by atoms with Crippen LogP contribution in [0.5, 0.6) is 0 Å². The van der Waals surface area contributed by atoms with Crippen LogP contribution in [-0.2, 0) is 40.3 Å². The first-order valence-electron chi connectivity index (χ1n) is 16.5.